The lowest BCUT2D eigenvalue weighted by atomic mass is 10.3. The van der Waals surface area contributed by atoms with Crippen molar-refractivity contribution in [3.05, 3.63) is 30.3 Å². The standard InChI is InChI=1S/C8H7BrO3/c9-7(8(10)11)12-6-4-2-1-3-5-6/h1-5,7H,(H,10,11). The van der Waals surface area contributed by atoms with E-state index in [1.807, 2.05) is 6.07 Å². The number of hydrogen-bond acceptors (Lipinski definition) is 2. The third-order valence-electron chi connectivity index (χ3n) is 1.18. The van der Waals surface area contributed by atoms with Gasteiger partial charge in [-0.1, -0.05) is 18.2 Å². The van der Waals surface area contributed by atoms with Gasteiger partial charge in [-0.2, -0.15) is 0 Å². The molecule has 0 saturated carbocycles. The summed E-state index contributed by atoms with van der Waals surface area (Å²) in [5.74, 6) is -0.513. The van der Waals surface area contributed by atoms with Gasteiger partial charge in [0, 0.05) is 0 Å². The monoisotopic (exact) mass is 230 g/mol. The summed E-state index contributed by atoms with van der Waals surface area (Å²) in [4.78, 5) is 10.3. The Labute approximate surface area is 78.1 Å². The topological polar surface area (TPSA) is 46.5 Å². The Morgan fingerprint density at radius 1 is 1.42 bits per heavy atom. The Balaban J connectivity index is 2.58. The summed E-state index contributed by atoms with van der Waals surface area (Å²) in [6.07, 6.45) is 0. The lowest BCUT2D eigenvalue weighted by Crippen LogP contribution is -2.19. The van der Waals surface area contributed by atoms with Gasteiger partial charge >= 0.3 is 5.97 Å². The van der Waals surface area contributed by atoms with Crippen LogP contribution in [0.15, 0.2) is 30.3 Å². The number of carbonyl (C=O) groups is 1. The van der Waals surface area contributed by atoms with Crippen molar-refractivity contribution < 1.29 is 14.6 Å². The molecule has 1 unspecified atom stereocenters. The van der Waals surface area contributed by atoms with Gasteiger partial charge in [-0.05, 0) is 28.1 Å². The molecule has 1 rings (SSSR count). The van der Waals surface area contributed by atoms with Gasteiger partial charge in [-0.15, -0.1) is 0 Å². The summed E-state index contributed by atoms with van der Waals surface area (Å²) in [7, 11) is 0. The van der Waals surface area contributed by atoms with Gasteiger partial charge in [0.05, 0.1) is 0 Å². The molecule has 0 aromatic heterocycles. The van der Waals surface area contributed by atoms with Gasteiger partial charge in [-0.3, -0.25) is 0 Å². The Bertz CT molecular complexity index is 260. The first-order valence-corrected chi connectivity index (χ1v) is 4.20. The number of para-hydroxylation sites is 1. The van der Waals surface area contributed by atoms with Gasteiger partial charge in [0.15, 0.2) is 0 Å². The third-order valence-corrected chi connectivity index (χ3v) is 1.76. The molecular formula is C8H7BrO3. The Hall–Kier alpha value is -1.03. The SMILES string of the molecule is O=C(O)C(Br)Oc1ccccc1. The van der Waals surface area contributed by atoms with Crippen LogP contribution in [0.4, 0.5) is 0 Å². The first kappa shape index (κ1) is 9.06. The van der Waals surface area contributed by atoms with Crippen LogP contribution in [0.2, 0.25) is 0 Å². The Morgan fingerprint density at radius 3 is 2.50 bits per heavy atom. The van der Waals surface area contributed by atoms with Gasteiger partial charge < -0.3 is 9.84 Å². The minimum absolute atomic E-state index is 0.529. The maximum atomic E-state index is 10.3. The molecule has 64 valence electrons. The number of halogens is 1. The number of aliphatic carboxylic acids is 1. The first-order valence-electron chi connectivity index (χ1n) is 3.29. The van der Waals surface area contributed by atoms with Crippen molar-refractivity contribution >= 4 is 21.9 Å². The Kier molecular flexibility index (Phi) is 3.10. The highest BCUT2D eigenvalue weighted by Crippen LogP contribution is 2.13. The molecule has 1 atom stereocenters. The minimum atomic E-state index is -1.04. The van der Waals surface area contributed by atoms with E-state index in [4.69, 9.17) is 9.84 Å². The van der Waals surface area contributed by atoms with E-state index in [2.05, 4.69) is 15.9 Å². The van der Waals surface area contributed by atoms with Crippen molar-refractivity contribution in [3.8, 4) is 5.75 Å². The van der Waals surface area contributed by atoms with E-state index in [1.54, 1.807) is 24.3 Å². The summed E-state index contributed by atoms with van der Waals surface area (Å²) in [6.45, 7) is 0. The van der Waals surface area contributed by atoms with E-state index < -0.39 is 11.0 Å². The van der Waals surface area contributed by atoms with Gasteiger partial charge in [0.2, 0.25) is 5.01 Å². The molecule has 12 heavy (non-hydrogen) atoms. The van der Waals surface area contributed by atoms with E-state index in [0.29, 0.717) is 5.75 Å². The van der Waals surface area contributed by atoms with Crippen LogP contribution < -0.4 is 4.74 Å². The second-order valence-electron chi connectivity index (χ2n) is 2.09. The van der Waals surface area contributed by atoms with Crippen molar-refractivity contribution in [2.24, 2.45) is 0 Å². The molecule has 4 heteroatoms. The van der Waals surface area contributed by atoms with Crippen LogP contribution in [0, 0.1) is 0 Å². The van der Waals surface area contributed by atoms with Crippen molar-refractivity contribution in [2.45, 2.75) is 5.01 Å². The number of benzene rings is 1. The van der Waals surface area contributed by atoms with Crippen LogP contribution in [0.1, 0.15) is 0 Å². The highest BCUT2D eigenvalue weighted by molar-refractivity contribution is 9.09. The van der Waals surface area contributed by atoms with Crippen LogP contribution in [0.3, 0.4) is 0 Å². The van der Waals surface area contributed by atoms with E-state index in [-0.39, 0.29) is 0 Å². The molecule has 0 aliphatic carbocycles. The van der Waals surface area contributed by atoms with Crippen molar-refractivity contribution in [1.82, 2.24) is 0 Å². The Morgan fingerprint density at radius 2 is 2.00 bits per heavy atom. The predicted molar refractivity (Wildman–Crippen MR) is 47.4 cm³/mol. The van der Waals surface area contributed by atoms with Crippen LogP contribution in [0.5, 0.6) is 5.75 Å². The zero-order valence-electron chi connectivity index (χ0n) is 6.11. The predicted octanol–water partition coefficient (Wildman–Crippen LogP) is 1.87. The molecule has 1 aromatic carbocycles. The molecule has 0 aliphatic heterocycles. The lowest BCUT2D eigenvalue weighted by Gasteiger charge is -2.07. The molecule has 0 radical (unpaired) electrons. The van der Waals surface area contributed by atoms with E-state index in [0.717, 1.165) is 0 Å². The number of alkyl halides is 1. The highest BCUT2D eigenvalue weighted by Gasteiger charge is 2.13. The third kappa shape index (κ3) is 2.54. The number of carboxylic acids is 1. The smallest absolute Gasteiger partial charge is 0.356 e. The molecule has 0 saturated heterocycles. The number of carboxylic acid groups (broad SMARTS) is 1. The minimum Gasteiger partial charge on any atom is -0.478 e. The highest BCUT2D eigenvalue weighted by atomic mass is 79.9. The van der Waals surface area contributed by atoms with Crippen LogP contribution >= 0.6 is 15.9 Å². The first-order chi connectivity index (χ1) is 5.70. The van der Waals surface area contributed by atoms with Gasteiger partial charge in [-0.25, -0.2) is 4.79 Å². The number of ether oxygens (including phenoxy) is 1. The maximum absolute atomic E-state index is 10.3. The fourth-order valence-corrected chi connectivity index (χ4v) is 0.885. The molecular weight excluding hydrogens is 224 g/mol. The number of hydrogen-bond donors (Lipinski definition) is 1. The summed E-state index contributed by atoms with van der Waals surface area (Å²) in [5.41, 5.74) is 0. The zero-order chi connectivity index (χ0) is 8.97. The summed E-state index contributed by atoms with van der Waals surface area (Å²) in [5, 5.41) is 7.49. The normalized spacial score (nSPS) is 12.1. The molecule has 0 bridgehead atoms. The molecule has 1 N–H and O–H groups in total. The van der Waals surface area contributed by atoms with Crippen molar-refractivity contribution in [1.29, 1.82) is 0 Å². The van der Waals surface area contributed by atoms with Crippen LogP contribution in [-0.4, -0.2) is 16.1 Å². The quantitative estimate of drug-likeness (QED) is 0.807. The van der Waals surface area contributed by atoms with Crippen LogP contribution in [0.25, 0.3) is 0 Å². The lowest BCUT2D eigenvalue weighted by molar-refractivity contribution is -0.140. The van der Waals surface area contributed by atoms with Crippen LogP contribution in [-0.2, 0) is 4.79 Å². The molecule has 0 fully saturated rings. The van der Waals surface area contributed by atoms with E-state index in [9.17, 15) is 4.79 Å². The average molecular weight is 231 g/mol. The zero-order valence-corrected chi connectivity index (χ0v) is 7.69. The second-order valence-corrected chi connectivity index (χ2v) is 2.92. The summed E-state index contributed by atoms with van der Waals surface area (Å²) in [6, 6.07) is 8.76. The molecule has 0 aliphatic rings. The van der Waals surface area contributed by atoms with E-state index >= 15 is 0 Å². The largest absolute Gasteiger partial charge is 0.478 e. The van der Waals surface area contributed by atoms with Crippen molar-refractivity contribution in [2.75, 3.05) is 0 Å². The summed E-state index contributed by atoms with van der Waals surface area (Å²) < 4.78 is 4.99. The fourth-order valence-electron chi connectivity index (χ4n) is 0.669. The molecule has 3 nitrogen and oxygen atoms in total. The fraction of sp³-hybridized carbons (Fsp3) is 0.125. The summed E-state index contributed by atoms with van der Waals surface area (Å²) >= 11 is 2.86. The molecule has 1 aromatic rings. The van der Waals surface area contributed by atoms with Gasteiger partial charge in [0.25, 0.3) is 0 Å². The molecule has 0 amide bonds. The van der Waals surface area contributed by atoms with Gasteiger partial charge in [0.1, 0.15) is 5.75 Å². The van der Waals surface area contributed by atoms with E-state index in [1.165, 1.54) is 0 Å². The molecule has 0 heterocycles. The maximum Gasteiger partial charge on any atom is 0.356 e. The number of rotatable bonds is 3. The second kappa shape index (κ2) is 4.11. The average Bonchev–Trinajstić information content (AvgIpc) is 2.06. The van der Waals surface area contributed by atoms with Crippen molar-refractivity contribution in [3.63, 3.8) is 0 Å². The molecule has 0 spiro atoms.